The molecule has 2 aromatic rings. The predicted molar refractivity (Wildman–Crippen MR) is 102 cm³/mol. The van der Waals surface area contributed by atoms with Gasteiger partial charge in [0.25, 0.3) is 0 Å². The van der Waals surface area contributed by atoms with Crippen molar-refractivity contribution in [2.24, 2.45) is 5.41 Å². The molecule has 2 aliphatic rings. The molecule has 1 spiro atoms. The fourth-order valence-electron chi connectivity index (χ4n) is 4.96. The molecule has 0 N–H and O–H groups in total. The van der Waals surface area contributed by atoms with E-state index in [0.29, 0.717) is 12.5 Å². The lowest BCUT2D eigenvalue weighted by Crippen LogP contribution is -2.43. The van der Waals surface area contributed by atoms with Crippen molar-refractivity contribution in [3.8, 4) is 0 Å². The molecule has 0 bridgehead atoms. The summed E-state index contributed by atoms with van der Waals surface area (Å²) >= 11 is 0. The van der Waals surface area contributed by atoms with E-state index >= 15 is 0 Å². The van der Waals surface area contributed by atoms with Gasteiger partial charge in [0, 0.05) is 43.9 Å². The monoisotopic (exact) mass is 372 g/mol. The molecule has 0 aromatic carbocycles. The molecule has 0 amide bonds. The molecule has 0 aliphatic carbocycles. The molecule has 27 heavy (non-hydrogen) atoms. The van der Waals surface area contributed by atoms with Crippen molar-refractivity contribution in [2.45, 2.75) is 45.2 Å². The van der Waals surface area contributed by atoms with E-state index in [9.17, 15) is 4.39 Å². The quantitative estimate of drug-likeness (QED) is 0.807. The third-order valence-corrected chi connectivity index (χ3v) is 6.34. The first-order chi connectivity index (χ1) is 13.1. The van der Waals surface area contributed by atoms with Gasteiger partial charge in [-0.3, -0.25) is 9.88 Å². The average molecular weight is 372 g/mol. The Hall–Kier alpha value is -1.86. The third-order valence-electron chi connectivity index (χ3n) is 6.34. The summed E-state index contributed by atoms with van der Waals surface area (Å²) in [7, 11) is 2.21. The summed E-state index contributed by atoms with van der Waals surface area (Å²) in [6.07, 6.45) is 8.19. The lowest BCUT2D eigenvalue weighted by Gasteiger charge is -2.42. The van der Waals surface area contributed by atoms with Gasteiger partial charge in [0.2, 0.25) is 0 Å². The molecular formula is C20H29FN6. The van der Waals surface area contributed by atoms with Gasteiger partial charge in [0.1, 0.15) is 18.0 Å². The van der Waals surface area contributed by atoms with Crippen molar-refractivity contribution in [3.63, 3.8) is 0 Å². The normalized spacial score (nSPS) is 23.3. The van der Waals surface area contributed by atoms with Gasteiger partial charge >= 0.3 is 0 Å². The van der Waals surface area contributed by atoms with Crippen molar-refractivity contribution in [1.82, 2.24) is 29.5 Å². The van der Waals surface area contributed by atoms with Crippen LogP contribution in [0.1, 0.15) is 43.5 Å². The molecule has 2 aromatic heterocycles. The van der Waals surface area contributed by atoms with E-state index in [0.717, 1.165) is 63.4 Å². The number of rotatable bonds is 5. The number of halogens is 1. The van der Waals surface area contributed by atoms with Crippen LogP contribution >= 0.6 is 0 Å². The highest BCUT2D eigenvalue weighted by Crippen LogP contribution is 2.49. The maximum Gasteiger partial charge on any atom is 0.145 e. The maximum absolute atomic E-state index is 13.9. The summed E-state index contributed by atoms with van der Waals surface area (Å²) in [4.78, 5) is 8.66. The molecule has 1 unspecified atom stereocenters. The zero-order chi connectivity index (χ0) is 18.9. The molecule has 2 fully saturated rings. The lowest BCUT2D eigenvalue weighted by molar-refractivity contribution is 0.0904. The van der Waals surface area contributed by atoms with Crippen LogP contribution in [0.4, 0.5) is 4.39 Å². The molecule has 146 valence electrons. The van der Waals surface area contributed by atoms with E-state index in [-0.39, 0.29) is 11.2 Å². The van der Waals surface area contributed by atoms with Crippen LogP contribution in [0.2, 0.25) is 0 Å². The zero-order valence-corrected chi connectivity index (χ0v) is 16.3. The minimum absolute atomic E-state index is 0.205. The first kappa shape index (κ1) is 18.5. The molecular weight excluding hydrogens is 343 g/mol. The molecule has 2 saturated heterocycles. The summed E-state index contributed by atoms with van der Waals surface area (Å²) in [5.41, 5.74) is 0.990. The van der Waals surface area contributed by atoms with Crippen molar-refractivity contribution in [2.75, 3.05) is 33.2 Å². The fourth-order valence-corrected chi connectivity index (χ4v) is 4.96. The number of likely N-dealkylation sites (N-methyl/N-ethyl adjacent to an activating group) is 1. The van der Waals surface area contributed by atoms with E-state index in [1.807, 2.05) is 6.33 Å². The van der Waals surface area contributed by atoms with Gasteiger partial charge in [-0.25, -0.2) is 4.39 Å². The Labute approximate surface area is 160 Å². The molecule has 1 atom stereocenters. The van der Waals surface area contributed by atoms with Gasteiger partial charge in [-0.05, 0) is 50.9 Å². The van der Waals surface area contributed by atoms with Gasteiger partial charge in [0.15, 0.2) is 0 Å². The minimum Gasteiger partial charge on any atom is -0.317 e. The van der Waals surface area contributed by atoms with Crippen LogP contribution in [-0.2, 0) is 13.1 Å². The predicted octanol–water partition coefficient (Wildman–Crippen LogP) is 2.53. The van der Waals surface area contributed by atoms with Crippen LogP contribution in [0.25, 0.3) is 0 Å². The van der Waals surface area contributed by atoms with Crippen molar-refractivity contribution in [3.05, 3.63) is 42.0 Å². The number of hydrogen-bond acceptors (Lipinski definition) is 5. The summed E-state index contributed by atoms with van der Waals surface area (Å²) in [5.74, 6) is 1.37. The Morgan fingerprint density at radius 3 is 2.85 bits per heavy atom. The summed E-state index contributed by atoms with van der Waals surface area (Å²) in [6, 6.07) is 1.79. The van der Waals surface area contributed by atoms with Crippen LogP contribution in [0.15, 0.2) is 24.8 Å². The standard InChI is InChI=1S/C20H29FN6/c1-3-8-27-15-23-24-19(27)17-13-25(2)14-20(17)5-9-26(10-6-20)12-16-4-7-22-11-18(16)21/h4,7,11,15,17H,3,5-6,8-10,12-14H2,1-2H3. The van der Waals surface area contributed by atoms with Crippen molar-refractivity contribution < 1.29 is 4.39 Å². The Kier molecular flexibility index (Phi) is 5.23. The highest BCUT2D eigenvalue weighted by Gasteiger charge is 2.49. The molecule has 6 nitrogen and oxygen atoms in total. The Balaban J connectivity index is 1.48. The van der Waals surface area contributed by atoms with Crippen molar-refractivity contribution in [1.29, 1.82) is 0 Å². The SMILES string of the molecule is CCCn1cnnc1C1CN(C)CC12CCN(Cc1ccncc1F)CC2. The Morgan fingerprint density at radius 1 is 1.30 bits per heavy atom. The van der Waals surface area contributed by atoms with E-state index < -0.39 is 0 Å². The molecule has 0 radical (unpaired) electrons. The number of hydrogen-bond donors (Lipinski definition) is 0. The van der Waals surface area contributed by atoms with E-state index in [1.165, 1.54) is 6.20 Å². The van der Waals surface area contributed by atoms with Gasteiger partial charge in [-0.1, -0.05) is 6.92 Å². The second-order valence-electron chi connectivity index (χ2n) is 8.24. The van der Waals surface area contributed by atoms with E-state index in [1.54, 1.807) is 12.3 Å². The molecule has 2 aliphatic heterocycles. The molecule has 4 heterocycles. The number of nitrogens with zero attached hydrogens (tertiary/aromatic N) is 6. The van der Waals surface area contributed by atoms with Crippen LogP contribution in [0, 0.1) is 11.2 Å². The first-order valence-corrected chi connectivity index (χ1v) is 9.98. The number of likely N-dealkylation sites (tertiary alicyclic amines) is 2. The second-order valence-corrected chi connectivity index (χ2v) is 8.24. The zero-order valence-electron chi connectivity index (χ0n) is 16.3. The van der Waals surface area contributed by atoms with Crippen LogP contribution in [0.5, 0.6) is 0 Å². The first-order valence-electron chi connectivity index (χ1n) is 9.98. The Bertz CT molecular complexity index is 767. The number of piperidine rings is 1. The van der Waals surface area contributed by atoms with E-state index in [2.05, 4.69) is 43.5 Å². The molecule has 0 saturated carbocycles. The summed E-state index contributed by atoms with van der Waals surface area (Å²) in [5, 5.41) is 8.72. The fraction of sp³-hybridized carbons (Fsp3) is 0.650. The highest BCUT2D eigenvalue weighted by molar-refractivity contribution is 5.15. The number of aryl methyl sites for hydroxylation is 1. The smallest absolute Gasteiger partial charge is 0.145 e. The summed E-state index contributed by atoms with van der Waals surface area (Å²) in [6.45, 7) is 7.97. The number of aromatic nitrogens is 4. The van der Waals surface area contributed by atoms with Crippen LogP contribution in [0.3, 0.4) is 0 Å². The molecule has 7 heteroatoms. The van der Waals surface area contributed by atoms with Gasteiger partial charge in [0.05, 0.1) is 6.20 Å². The second kappa shape index (κ2) is 7.64. The molecule has 4 rings (SSSR count). The minimum atomic E-state index is -0.205. The highest BCUT2D eigenvalue weighted by atomic mass is 19.1. The average Bonchev–Trinajstić information content (AvgIpc) is 3.23. The van der Waals surface area contributed by atoms with Crippen molar-refractivity contribution >= 4 is 0 Å². The third kappa shape index (κ3) is 3.62. The topological polar surface area (TPSA) is 50.1 Å². The maximum atomic E-state index is 13.9. The summed E-state index contributed by atoms with van der Waals surface area (Å²) < 4.78 is 16.2. The van der Waals surface area contributed by atoms with E-state index in [4.69, 9.17) is 0 Å². The number of pyridine rings is 1. The van der Waals surface area contributed by atoms with Gasteiger partial charge in [-0.15, -0.1) is 10.2 Å². The van der Waals surface area contributed by atoms with Gasteiger partial charge < -0.3 is 9.47 Å². The van der Waals surface area contributed by atoms with Crippen LogP contribution < -0.4 is 0 Å². The Morgan fingerprint density at radius 2 is 2.11 bits per heavy atom. The lowest BCUT2D eigenvalue weighted by atomic mass is 9.70. The van der Waals surface area contributed by atoms with Crippen LogP contribution in [-0.4, -0.2) is 62.8 Å². The largest absolute Gasteiger partial charge is 0.317 e. The van der Waals surface area contributed by atoms with Gasteiger partial charge in [-0.2, -0.15) is 0 Å².